The molecule has 2 atom stereocenters. The zero-order valence-corrected chi connectivity index (χ0v) is 23.5. The SMILES string of the molecule is CC[C@@H]1CSC[C@H](C2(OC(=O)N3CCC(N4CCCCC4)CC3)CC2)N1S(=O)(=O)c1ccc(Cl)cc1. The lowest BCUT2D eigenvalue weighted by molar-refractivity contribution is 0.00280. The maximum atomic E-state index is 13.8. The van der Waals surface area contributed by atoms with E-state index in [0.29, 0.717) is 49.2 Å². The number of piperidine rings is 2. The number of rotatable bonds is 6. The lowest BCUT2D eigenvalue weighted by atomic mass is 10.0. The van der Waals surface area contributed by atoms with Gasteiger partial charge in [-0.05, 0) is 82.3 Å². The van der Waals surface area contributed by atoms with Gasteiger partial charge in [0.2, 0.25) is 10.0 Å². The van der Waals surface area contributed by atoms with E-state index in [9.17, 15) is 13.2 Å². The van der Waals surface area contributed by atoms with Crippen molar-refractivity contribution in [3.05, 3.63) is 29.3 Å². The van der Waals surface area contributed by atoms with Gasteiger partial charge >= 0.3 is 6.09 Å². The van der Waals surface area contributed by atoms with Gasteiger partial charge in [0.05, 0.1) is 10.9 Å². The molecule has 4 aliphatic rings. The zero-order chi connectivity index (χ0) is 25.3. The van der Waals surface area contributed by atoms with Crippen molar-refractivity contribution in [2.45, 2.75) is 86.9 Å². The molecule has 0 bridgehead atoms. The van der Waals surface area contributed by atoms with Gasteiger partial charge in [0.1, 0.15) is 5.60 Å². The van der Waals surface area contributed by atoms with Crippen LogP contribution in [0.1, 0.15) is 58.3 Å². The summed E-state index contributed by atoms with van der Waals surface area (Å²) >= 11 is 7.78. The third-order valence-electron chi connectivity index (χ3n) is 8.38. The molecule has 5 rings (SSSR count). The lowest BCUT2D eigenvalue weighted by Crippen LogP contribution is -2.59. The van der Waals surface area contributed by atoms with Gasteiger partial charge in [0, 0.05) is 41.7 Å². The number of carbonyl (C=O) groups excluding carboxylic acids is 1. The van der Waals surface area contributed by atoms with Gasteiger partial charge in [0.25, 0.3) is 0 Å². The number of carbonyl (C=O) groups is 1. The van der Waals surface area contributed by atoms with Crippen molar-refractivity contribution in [1.29, 1.82) is 0 Å². The van der Waals surface area contributed by atoms with Crippen LogP contribution in [-0.4, -0.2) is 90.0 Å². The highest BCUT2D eigenvalue weighted by Gasteiger charge is 2.60. The first-order valence-corrected chi connectivity index (χ1v) is 16.4. The molecule has 0 radical (unpaired) electrons. The molecule has 10 heteroatoms. The second kappa shape index (κ2) is 11.0. The maximum absolute atomic E-state index is 13.8. The van der Waals surface area contributed by atoms with Crippen LogP contribution in [0.25, 0.3) is 0 Å². The van der Waals surface area contributed by atoms with E-state index in [0.717, 1.165) is 18.6 Å². The zero-order valence-electron chi connectivity index (χ0n) is 21.1. The monoisotopic (exact) mass is 555 g/mol. The van der Waals surface area contributed by atoms with Gasteiger partial charge in [-0.1, -0.05) is 24.9 Å². The number of sulfonamides is 1. The first kappa shape index (κ1) is 26.6. The van der Waals surface area contributed by atoms with Gasteiger partial charge < -0.3 is 14.5 Å². The molecular formula is C26H38ClN3O4S2. The summed E-state index contributed by atoms with van der Waals surface area (Å²) in [5, 5.41) is 0.503. The van der Waals surface area contributed by atoms with E-state index in [1.54, 1.807) is 40.3 Å². The molecule has 3 aliphatic heterocycles. The van der Waals surface area contributed by atoms with Crippen LogP contribution < -0.4 is 0 Å². The van der Waals surface area contributed by atoms with Crippen molar-refractivity contribution >= 4 is 39.5 Å². The Labute approximate surface area is 224 Å². The minimum atomic E-state index is -3.76. The molecule has 200 valence electrons. The Morgan fingerprint density at radius 3 is 2.33 bits per heavy atom. The van der Waals surface area contributed by atoms with Crippen LogP contribution in [-0.2, 0) is 14.8 Å². The average molecular weight is 556 g/mol. The van der Waals surface area contributed by atoms with Gasteiger partial charge in [-0.3, -0.25) is 0 Å². The molecule has 1 saturated carbocycles. The van der Waals surface area contributed by atoms with Crippen molar-refractivity contribution in [3.8, 4) is 0 Å². The third kappa shape index (κ3) is 5.41. The summed E-state index contributed by atoms with van der Waals surface area (Å²) in [6.07, 6.45) is 7.69. The highest BCUT2D eigenvalue weighted by Crippen LogP contribution is 2.50. The molecule has 1 aromatic carbocycles. The van der Waals surface area contributed by atoms with Crippen molar-refractivity contribution in [2.24, 2.45) is 0 Å². The summed E-state index contributed by atoms with van der Waals surface area (Å²) in [7, 11) is -3.76. The molecule has 1 aromatic rings. The average Bonchev–Trinajstić information content (AvgIpc) is 3.69. The van der Waals surface area contributed by atoms with Crippen molar-refractivity contribution in [1.82, 2.24) is 14.1 Å². The first-order valence-electron chi connectivity index (χ1n) is 13.4. The quantitative estimate of drug-likeness (QED) is 0.500. The standard InChI is InChI=1S/C26H38ClN3O4S2/c1-2-21-18-35-19-24(30(21)36(32,33)23-8-6-20(27)7-9-23)26(12-13-26)34-25(31)29-16-10-22(11-17-29)28-14-4-3-5-15-28/h6-9,21-22,24H,2-5,10-19H2,1H3/t21-,24-/m1/s1. The molecular weight excluding hydrogens is 518 g/mol. The van der Waals surface area contributed by atoms with Gasteiger partial charge in [0.15, 0.2) is 0 Å². The second-order valence-corrected chi connectivity index (χ2v) is 14.0. The summed E-state index contributed by atoms with van der Waals surface area (Å²) in [5.41, 5.74) is -0.735. The smallest absolute Gasteiger partial charge is 0.410 e. The molecule has 3 saturated heterocycles. The molecule has 4 fully saturated rings. The van der Waals surface area contributed by atoms with E-state index >= 15 is 0 Å². The Morgan fingerprint density at radius 1 is 1.06 bits per heavy atom. The number of likely N-dealkylation sites (tertiary alicyclic amines) is 2. The van der Waals surface area contributed by atoms with E-state index in [4.69, 9.17) is 16.3 Å². The lowest BCUT2D eigenvalue weighted by Gasteiger charge is -2.44. The number of nitrogens with zero attached hydrogens (tertiary/aromatic N) is 3. The molecule has 3 heterocycles. The first-order chi connectivity index (χ1) is 17.3. The Morgan fingerprint density at radius 2 is 1.72 bits per heavy atom. The van der Waals surface area contributed by atoms with E-state index in [-0.39, 0.29) is 23.1 Å². The number of amides is 1. The van der Waals surface area contributed by atoms with E-state index in [2.05, 4.69) is 4.90 Å². The van der Waals surface area contributed by atoms with E-state index in [1.807, 2.05) is 11.8 Å². The van der Waals surface area contributed by atoms with Crippen LogP contribution >= 0.6 is 23.4 Å². The number of hydrogen-bond acceptors (Lipinski definition) is 6. The van der Waals surface area contributed by atoms with Crippen LogP contribution in [0.15, 0.2) is 29.2 Å². The maximum Gasteiger partial charge on any atom is 0.410 e. The number of hydrogen-bond donors (Lipinski definition) is 0. The highest BCUT2D eigenvalue weighted by molar-refractivity contribution is 7.99. The normalized spacial score (nSPS) is 28.1. The Balaban J connectivity index is 1.29. The summed E-state index contributed by atoms with van der Waals surface area (Å²) in [6, 6.07) is 6.43. The van der Waals surface area contributed by atoms with Crippen LogP contribution in [0, 0.1) is 0 Å². The molecule has 1 amide bonds. The topological polar surface area (TPSA) is 70.2 Å². The summed E-state index contributed by atoms with van der Waals surface area (Å²) < 4.78 is 35.6. The Kier molecular flexibility index (Phi) is 8.13. The third-order valence-corrected chi connectivity index (χ3v) is 11.8. The Hall–Kier alpha value is -1.00. The van der Waals surface area contributed by atoms with Crippen molar-refractivity contribution in [3.63, 3.8) is 0 Å². The Bertz CT molecular complexity index is 1020. The molecule has 36 heavy (non-hydrogen) atoms. The summed E-state index contributed by atoms with van der Waals surface area (Å²) in [4.78, 5) is 18.0. The molecule has 0 unspecified atom stereocenters. The highest BCUT2D eigenvalue weighted by atomic mass is 35.5. The molecule has 0 aromatic heterocycles. The molecule has 0 N–H and O–H groups in total. The predicted octanol–water partition coefficient (Wildman–Crippen LogP) is 4.84. The molecule has 7 nitrogen and oxygen atoms in total. The van der Waals surface area contributed by atoms with Gasteiger partial charge in [-0.25, -0.2) is 13.2 Å². The van der Waals surface area contributed by atoms with Crippen molar-refractivity contribution in [2.75, 3.05) is 37.7 Å². The fourth-order valence-electron chi connectivity index (χ4n) is 6.05. The summed E-state index contributed by atoms with van der Waals surface area (Å²) in [5.74, 6) is 1.38. The minimum absolute atomic E-state index is 0.133. The van der Waals surface area contributed by atoms with Gasteiger partial charge in [-0.15, -0.1) is 0 Å². The summed E-state index contributed by atoms with van der Waals surface area (Å²) in [6.45, 7) is 5.79. The molecule has 0 spiro atoms. The molecule has 1 aliphatic carbocycles. The van der Waals surface area contributed by atoms with Crippen LogP contribution in [0.5, 0.6) is 0 Å². The number of halogens is 1. The predicted molar refractivity (Wildman–Crippen MR) is 144 cm³/mol. The fraction of sp³-hybridized carbons (Fsp3) is 0.731. The van der Waals surface area contributed by atoms with Crippen molar-refractivity contribution < 1.29 is 17.9 Å². The minimum Gasteiger partial charge on any atom is -0.441 e. The van der Waals surface area contributed by atoms with E-state index < -0.39 is 15.6 Å². The largest absolute Gasteiger partial charge is 0.441 e. The second-order valence-electron chi connectivity index (χ2n) is 10.7. The number of benzene rings is 1. The number of ether oxygens (including phenoxy) is 1. The number of thioether (sulfide) groups is 1. The van der Waals surface area contributed by atoms with Crippen LogP contribution in [0.4, 0.5) is 4.79 Å². The van der Waals surface area contributed by atoms with E-state index in [1.165, 1.54) is 32.4 Å². The van der Waals surface area contributed by atoms with Crippen LogP contribution in [0.3, 0.4) is 0 Å². The fourth-order valence-corrected chi connectivity index (χ4v) is 9.80. The van der Waals surface area contributed by atoms with Gasteiger partial charge in [-0.2, -0.15) is 16.1 Å². The van der Waals surface area contributed by atoms with Crippen LogP contribution in [0.2, 0.25) is 5.02 Å².